The van der Waals surface area contributed by atoms with Crippen LogP contribution in [0.3, 0.4) is 0 Å². The topological polar surface area (TPSA) is 32.3 Å². The molecule has 0 aliphatic carbocycles. The monoisotopic (exact) mass is 392 g/mol. The van der Waals surface area contributed by atoms with E-state index in [1.807, 2.05) is 24.3 Å². The molecular weight excluding hydrogens is 376 g/mol. The molecule has 0 spiro atoms. The number of rotatable bonds is 4. The quantitative estimate of drug-likeness (QED) is 0.797. The lowest BCUT2D eigenvalue weighted by molar-refractivity contribution is 0.102. The highest BCUT2D eigenvalue weighted by Crippen LogP contribution is 2.23. The first kappa shape index (κ1) is 16.5. The van der Waals surface area contributed by atoms with Crippen molar-refractivity contribution in [2.75, 3.05) is 18.4 Å². The van der Waals surface area contributed by atoms with E-state index in [9.17, 15) is 4.79 Å². The van der Waals surface area contributed by atoms with Crippen LogP contribution in [0.2, 0.25) is 5.02 Å². The van der Waals surface area contributed by atoms with Crippen LogP contribution in [-0.4, -0.2) is 23.9 Å². The maximum absolute atomic E-state index is 12.4. The molecule has 0 aromatic heterocycles. The Hall–Kier alpha value is -1.36. The van der Waals surface area contributed by atoms with Crippen LogP contribution in [0.1, 0.15) is 28.8 Å². The Morgan fingerprint density at radius 2 is 1.96 bits per heavy atom. The number of likely N-dealkylation sites (tertiary alicyclic amines) is 1. The largest absolute Gasteiger partial charge is 0.322 e. The van der Waals surface area contributed by atoms with Crippen molar-refractivity contribution < 1.29 is 4.79 Å². The predicted octanol–water partition coefficient (Wildman–Crippen LogP) is 4.95. The van der Waals surface area contributed by atoms with Crippen molar-refractivity contribution in [3.05, 3.63) is 63.1 Å². The minimum Gasteiger partial charge on any atom is -0.322 e. The number of hydrogen-bond acceptors (Lipinski definition) is 2. The van der Waals surface area contributed by atoms with Crippen molar-refractivity contribution in [3.63, 3.8) is 0 Å². The fraction of sp³-hybridized carbons (Fsp3) is 0.278. The lowest BCUT2D eigenvalue weighted by Gasteiger charge is -2.15. The molecule has 1 aliphatic rings. The van der Waals surface area contributed by atoms with E-state index in [4.69, 9.17) is 11.6 Å². The molecule has 1 amide bonds. The van der Waals surface area contributed by atoms with Crippen LogP contribution in [0.25, 0.3) is 0 Å². The summed E-state index contributed by atoms with van der Waals surface area (Å²) in [6.07, 6.45) is 2.55. The normalized spacial score (nSPS) is 14.9. The fourth-order valence-electron chi connectivity index (χ4n) is 2.82. The summed E-state index contributed by atoms with van der Waals surface area (Å²) in [6.45, 7) is 3.25. The molecule has 3 rings (SSSR count). The number of hydrogen-bond donors (Lipinski definition) is 1. The van der Waals surface area contributed by atoms with E-state index in [-0.39, 0.29) is 5.91 Å². The molecule has 1 heterocycles. The molecule has 2 aromatic carbocycles. The van der Waals surface area contributed by atoms with Crippen LogP contribution >= 0.6 is 27.5 Å². The summed E-state index contributed by atoms with van der Waals surface area (Å²) in [6, 6.07) is 13.3. The smallest absolute Gasteiger partial charge is 0.257 e. The van der Waals surface area contributed by atoms with E-state index in [1.54, 1.807) is 12.1 Å². The summed E-state index contributed by atoms with van der Waals surface area (Å²) in [5.41, 5.74) is 2.47. The molecule has 120 valence electrons. The zero-order valence-corrected chi connectivity index (χ0v) is 15.0. The lowest BCUT2D eigenvalue weighted by atomic mass is 10.1. The second-order valence-electron chi connectivity index (χ2n) is 5.76. The Balaban J connectivity index is 1.72. The van der Waals surface area contributed by atoms with Gasteiger partial charge in [0.05, 0.1) is 10.6 Å². The molecule has 23 heavy (non-hydrogen) atoms. The minimum atomic E-state index is -0.199. The van der Waals surface area contributed by atoms with Crippen molar-refractivity contribution in [2.45, 2.75) is 19.4 Å². The average molecular weight is 394 g/mol. The van der Waals surface area contributed by atoms with Gasteiger partial charge in [-0.15, -0.1) is 0 Å². The van der Waals surface area contributed by atoms with Gasteiger partial charge in [-0.25, -0.2) is 0 Å². The molecule has 2 aromatic rings. The number of nitrogens with zero attached hydrogens (tertiary/aromatic N) is 1. The SMILES string of the molecule is O=C(Nc1cccc(CN2CCCC2)c1)c1cc(Br)ccc1Cl. The van der Waals surface area contributed by atoms with Gasteiger partial charge in [0.1, 0.15) is 0 Å². The molecule has 0 saturated carbocycles. The molecule has 0 radical (unpaired) electrons. The highest BCUT2D eigenvalue weighted by atomic mass is 79.9. The van der Waals surface area contributed by atoms with Gasteiger partial charge in [0.25, 0.3) is 5.91 Å². The van der Waals surface area contributed by atoms with Gasteiger partial charge < -0.3 is 5.32 Å². The van der Waals surface area contributed by atoms with Crippen molar-refractivity contribution in [3.8, 4) is 0 Å². The van der Waals surface area contributed by atoms with E-state index in [1.165, 1.54) is 18.4 Å². The summed E-state index contributed by atoms with van der Waals surface area (Å²) in [5, 5.41) is 3.37. The fourth-order valence-corrected chi connectivity index (χ4v) is 3.38. The number of halogens is 2. The van der Waals surface area contributed by atoms with E-state index < -0.39 is 0 Å². The van der Waals surface area contributed by atoms with Gasteiger partial charge >= 0.3 is 0 Å². The molecule has 5 heteroatoms. The zero-order valence-electron chi connectivity index (χ0n) is 12.7. The summed E-state index contributed by atoms with van der Waals surface area (Å²) in [7, 11) is 0. The van der Waals surface area contributed by atoms with E-state index in [2.05, 4.69) is 32.2 Å². The Morgan fingerprint density at radius 3 is 2.74 bits per heavy atom. The first-order chi connectivity index (χ1) is 11.1. The molecule has 0 unspecified atom stereocenters. The van der Waals surface area contributed by atoms with Crippen LogP contribution < -0.4 is 5.32 Å². The minimum absolute atomic E-state index is 0.199. The van der Waals surface area contributed by atoms with Crippen LogP contribution in [0, 0.1) is 0 Å². The third-order valence-electron chi connectivity index (χ3n) is 3.96. The Bertz CT molecular complexity index is 714. The summed E-state index contributed by atoms with van der Waals surface area (Å²) >= 11 is 9.48. The van der Waals surface area contributed by atoms with Crippen LogP contribution in [0.15, 0.2) is 46.9 Å². The average Bonchev–Trinajstić information content (AvgIpc) is 3.03. The number of nitrogens with one attached hydrogen (secondary N) is 1. The molecule has 1 fully saturated rings. The highest BCUT2D eigenvalue weighted by molar-refractivity contribution is 9.10. The van der Waals surface area contributed by atoms with Crippen molar-refractivity contribution in [1.29, 1.82) is 0 Å². The number of benzene rings is 2. The third-order valence-corrected chi connectivity index (χ3v) is 4.79. The predicted molar refractivity (Wildman–Crippen MR) is 98.1 cm³/mol. The van der Waals surface area contributed by atoms with E-state index >= 15 is 0 Å². The van der Waals surface area contributed by atoms with Crippen molar-refractivity contribution in [1.82, 2.24) is 4.90 Å². The van der Waals surface area contributed by atoms with Crippen LogP contribution in [0.4, 0.5) is 5.69 Å². The maximum Gasteiger partial charge on any atom is 0.257 e. The highest BCUT2D eigenvalue weighted by Gasteiger charge is 2.13. The molecule has 1 N–H and O–H groups in total. The zero-order chi connectivity index (χ0) is 16.2. The Labute approximate surface area is 149 Å². The summed E-state index contributed by atoms with van der Waals surface area (Å²) < 4.78 is 0.829. The lowest BCUT2D eigenvalue weighted by Crippen LogP contribution is -2.18. The van der Waals surface area contributed by atoms with Gasteiger partial charge in [0.2, 0.25) is 0 Å². The first-order valence-electron chi connectivity index (χ1n) is 7.69. The molecule has 0 bridgehead atoms. The number of amides is 1. The van der Waals surface area contributed by atoms with Gasteiger partial charge in [-0.05, 0) is 61.8 Å². The number of anilines is 1. The molecule has 0 atom stereocenters. The Kier molecular flexibility index (Phi) is 5.36. The third kappa shape index (κ3) is 4.34. The van der Waals surface area contributed by atoms with Crippen LogP contribution in [0.5, 0.6) is 0 Å². The second-order valence-corrected chi connectivity index (χ2v) is 7.08. The Morgan fingerprint density at radius 1 is 1.17 bits per heavy atom. The van der Waals surface area contributed by atoms with Gasteiger partial charge in [-0.2, -0.15) is 0 Å². The molecule has 1 aliphatic heterocycles. The van der Waals surface area contributed by atoms with Gasteiger partial charge in [0, 0.05) is 16.7 Å². The first-order valence-corrected chi connectivity index (χ1v) is 8.86. The van der Waals surface area contributed by atoms with Crippen molar-refractivity contribution in [2.24, 2.45) is 0 Å². The van der Waals surface area contributed by atoms with Gasteiger partial charge in [-0.1, -0.05) is 39.7 Å². The van der Waals surface area contributed by atoms with Gasteiger partial charge in [0.15, 0.2) is 0 Å². The maximum atomic E-state index is 12.4. The molecular formula is C18H18BrClN2O. The van der Waals surface area contributed by atoms with Crippen LogP contribution in [-0.2, 0) is 6.54 Å². The van der Waals surface area contributed by atoms with E-state index in [0.717, 1.165) is 29.8 Å². The van der Waals surface area contributed by atoms with Gasteiger partial charge in [-0.3, -0.25) is 9.69 Å². The standard InChI is InChI=1S/C18H18BrClN2O/c19-14-6-7-17(20)16(11-14)18(23)21-15-5-3-4-13(10-15)12-22-8-1-2-9-22/h3-7,10-11H,1-2,8-9,12H2,(H,21,23). The molecule has 1 saturated heterocycles. The second kappa shape index (κ2) is 7.47. The number of carbonyl (C=O) groups excluding carboxylic acids is 1. The van der Waals surface area contributed by atoms with E-state index in [0.29, 0.717) is 10.6 Å². The molecule has 3 nitrogen and oxygen atoms in total. The summed E-state index contributed by atoms with van der Waals surface area (Å²) in [4.78, 5) is 14.9. The van der Waals surface area contributed by atoms with Crippen molar-refractivity contribution >= 4 is 39.1 Å². The summed E-state index contributed by atoms with van der Waals surface area (Å²) in [5.74, 6) is -0.199. The number of carbonyl (C=O) groups is 1.